The van der Waals surface area contributed by atoms with Gasteiger partial charge in [-0.25, -0.2) is 9.97 Å². The molecule has 2 aromatic rings. The number of fused-ring (bicyclic) bond motifs is 1. The molecule has 21 heavy (non-hydrogen) atoms. The predicted octanol–water partition coefficient (Wildman–Crippen LogP) is 2.30. The number of carbonyl (C=O) groups is 1. The third kappa shape index (κ3) is 2.71. The zero-order chi connectivity index (χ0) is 14.8. The van der Waals surface area contributed by atoms with E-state index >= 15 is 0 Å². The lowest BCUT2D eigenvalue weighted by Gasteiger charge is -2.28. The van der Waals surface area contributed by atoms with Crippen LogP contribution >= 0.6 is 11.8 Å². The first-order valence-electron chi connectivity index (χ1n) is 6.70. The molecule has 0 atom stereocenters. The van der Waals surface area contributed by atoms with Crippen molar-refractivity contribution in [2.75, 3.05) is 36.2 Å². The lowest BCUT2D eigenvalue weighted by molar-refractivity contribution is 0.0987. The van der Waals surface area contributed by atoms with Crippen LogP contribution in [0.3, 0.4) is 0 Å². The zero-order valence-corrected chi connectivity index (χ0v) is 12.8. The quantitative estimate of drug-likeness (QED) is 0.851. The number of carbonyl (C=O) groups excluding carboxylic acids is 1. The van der Waals surface area contributed by atoms with Crippen LogP contribution in [0.25, 0.3) is 0 Å². The van der Waals surface area contributed by atoms with Crippen molar-refractivity contribution in [2.45, 2.75) is 5.03 Å². The van der Waals surface area contributed by atoms with Crippen molar-refractivity contribution in [2.24, 2.45) is 0 Å². The van der Waals surface area contributed by atoms with Crippen LogP contribution in [0.15, 0.2) is 41.7 Å². The molecule has 0 saturated heterocycles. The van der Waals surface area contributed by atoms with Gasteiger partial charge in [-0.05, 0) is 24.3 Å². The Kier molecular flexibility index (Phi) is 3.79. The summed E-state index contributed by atoms with van der Waals surface area (Å²) < 4.78 is 0. The van der Waals surface area contributed by atoms with Crippen molar-refractivity contribution in [3.63, 3.8) is 0 Å². The van der Waals surface area contributed by atoms with Crippen molar-refractivity contribution in [1.29, 1.82) is 0 Å². The molecule has 0 bridgehead atoms. The molecule has 1 amide bonds. The first-order chi connectivity index (χ1) is 10.2. The summed E-state index contributed by atoms with van der Waals surface area (Å²) in [4.78, 5) is 25.1. The summed E-state index contributed by atoms with van der Waals surface area (Å²) in [6.07, 6.45) is 3.43. The lowest BCUT2D eigenvalue weighted by Crippen LogP contribution is -2.35. The van der Waals surface area contributed by atoms with Gasteiger partial charge in [0.05, 0.1) is 5.69 Å². The van der Waals surface area contributed by atoms with Crippen LogP contribution in [0.2, 0.25) is 0 Å². The monoisotopic (exact) mass is 300 g/mol. The maximum atomic E-state index is 12.8. The number of pyridine rings is 2. The molecular weight excluding hydrogens is 284 g/mol. The molecule has 1 aliphatic heterocycles. The van der Waals surface area contributed by atoms with Gasteiger partial charge in [0.25, 0.3) is 5.91 Å². The number of aromatic nitrogens is 2. The first-order valence-corrected chi connectivity index (χ1v) is 7.68. The van der Waals surface area contributed by atoms with E-state index in [4.69, 9.17) is 0 Å². The van der Waals surface area contributed by atoms with E-state index in [9.17, 15) is 4.79 Å². The molecular formula is C15H16N4OS. The minimum absolute atomic E-state index is 0.00458. The largest absolute Gasteiger partial charge is 0.363 e. The number of hydrogen-bond donors (Lipinski definition) is 0. The normalized spacial score (nSPS) is 13.7. The summed E-state index contributed by atoms with van der Waals surface area (Å²) in [6, 6.07) is 7.39. The second-order valence-electron chi connectivity index (χ2n) is 4.93. The highest BCUT2D eigenvalue weighted by molar-refractivity contribution is 7.99. The van der Waals surface area contributed by atoms with Gasteiger partial charge in [-0.15, -0.1) is 11.8 Å². The van der Waals surface area contributed by atoms with E-state index in [-0.39, 0.29) is 5.91 Å². The maximum absolute atomic E-state index is 12.8. The highest BCUT2D eigenvalue weighted by atomic mass is 32.2. The fourth-order valence-corrected chi connectivity index (χ4v) is 3.14. The molecule has 5 nitrogen and oxygen atoms in total. The molecule has 3 heterocycles. The molecule has 0 aliphatic carbocycles. The van der Waals surface area contributed by atoms with Crippen molar-refractivity contribution in [1.82, 2.24) is 9.97 Å². The summed E-state index contributed by atoms with van der Waals surface area (Å²) in [5.74, 6) is 1.63. The van der Waals surface area contributed by atoms with E-state index in [2.05, 4.69) is 9.97 Å². The molecule has 6 heteroatoms. The molecule has 1 aliphatic rings. The van der Waals surface area contributed by atoms with E-state index in [1.807, 2.05) is 37.2 Å². The highest BCUT2D eigenvalue weighted by Gasteiger charge is 2.24. The summed E-state index contributed by atoms with van der Waals surface area (Å²) in [5, 5.41) is 0.916. The van der Waals surface area contributed by atoms with Gasteiger partial charge in [0.15, 0.2) is 0 Å². The molecule has 0 spiro atoms. The van der Waals surface area contributed by atoms with Gasteiger partial charge < -0.3 is 9.80 Å². The van der Waals surface area contributed by atoms with E-state index < -0.39 is 0 Å². The maximum Gasteiger partial charge on any atom is 0.258 e. The average Bonchev–Trinajstić information content (AvgIpc) is 2.53. The SMILES string of the molecule is CN(C)c1cc(C(=O)N2CCSc3ncccc32)ccn1. The Morgan fingerprint density at radius 2 is 2.14 bits per heavy atom. The van der Waals surface area contributed by atoms with Crippen molar-refractivity contribution in [3.05, 3.63) is 42.2 Å². The molecule has 0 N–H and O–H groups in total. The van der Waals surface area contributed by atoms with Crippen LogP contribution in [-0.2, 0) is 0 Å². The fraction of sp³-hybridized carbons (Fsp3) is 0.267. The molecule has 0 unspecified atom stereocenters. The Labute approximate surface area is 128 Å². The second kappa shape index (κ2) is 5.73. The van der Waals surface area contributed by atoms with Gasteiger partial charge in [-0.2, -0.15) is 0 Å². The van der Waals surface area contributed by atoms with Crippen LogP contribution < -0.4 is 9.80 Å². The smallest absolute Gasteiger partial charge is 0.258 e. The Morgan fingerprint density at radius 3 is 2.95 bits per heavy atom. The van der Waals surface area contributed by atoms with Gasteiger partial charge >= 0.3 is 0 Å². The van der Waals surface area contributed by atoms with E-state index in [1.165, 1.54) is 0 Å². The van der Waals surface area contributed by atoms with Crippen LogP contribution in [-0.4, -0.2) is 42.3 Å². The fourth-order valence-electron chi connectivity index (χ4n) is 2.22. The van der Waals surface area contributed by atoms with Gasteiger partial charge in [-0.1, -0.05) is 0 Å². The zero-order valence-electron chi connectivity index (χ0n) is 12.0. The molecule has 0 aromatic carbocycles. The molecule has 0 fully saturated rings. The van der Waals surface area contributed by atoms with Crippen LogP contribution in [0.5, 0.6) is 0 Å². The van der Waals surface area contributed by atoms with Gasteiger partial charge in [0.2, 0.25) is 0 Å². The molecule has 0 radical (unpaired) electrons. The number of hydrogen-bond acceptors (Lipinski definition) is 5. The van der Waals surface area contributed by atoms with Gasteiger partial charge in [-0.3, -0.25) is 4.79 Å². The Morgan fingerprint density at radius 1 is 1.29 bits per heavy atom. The average molecular weight is 300 g/mol. The predicted molar refractivity (Wildman–Crippen MR) is 85.2 cm³/mol. The Bertz CT molecular complexity index is 674. The third-order valence-corrected chi connectivity index (χ3v) is 4.27. The summed E-state index contributed by atoms with van der Waals surface area (Å²) >= 11 is 1.69. The standard InChI is InChI=1S/C15H16N4OS/c1-18(2)13-10-11(5-7-16-13)15(20)19-8-9-21-14-12(19)4-3-6-17-14/h3-7,10H,8-9H2,1-2H3. The number of nitrogens with zero attached hydrogens (tertiary/aromatic N) is 4. The van der Waals surface area contributed by atoms with Crippen molar-refractivity contribution < 1.29 is 4.79 Å². The van der Waals surface area contributed by atoms with Gasteiger partial charge in [0, 0.05) is 44.4 Å². The number of rotatable bonds is 2. The van der Waals surface area contributed by atoms with E-state index in [0.717, 1.165) is 22.3 Å². The third-order valence-electron chi connectivity index (χ3n) is 3.29. The summed E-state index contributed by atoms with van der Waals surface area (Å²) in [7, 11) is 3.82. The van der Waals surface area contributed by atoms with Gasteiger partial charge in [0.1, 0.15) is 10.8 Å². The Hall–Kier alpha value is -2.08. The van der Waals surface area contributed by atoms with Crippen LogP contribution in [0.4, 0.5) is 11.5 Å². The topological polar surface area (TPSA) is 49.3 Å². The minimum Gasteiger partial charge on any atom is -0.363 e. The van der Waals surface area contributed by atoms with Crippen LogP contribution in [0.1, 0.15) is 10.4 Å². The van der Waals surface area contributed by atoms with Crippen molar-refractivity contribution in [3.8, 4) is 0 Å². The highest BCUT2D eigenvalue weighted by Crippen LogP contribution is 2.33. The number of anilines is 2. The number of thioether (sulfide) groups is 1. The number of amides is 1. The molecule has 3 rings (SSSR count). The first kappa shape index (κ1) is 13.9. The summed E-state index contributed by atoms with van der Waals surface area (Å²) in [6.45, 7) is 0.696. The van der Waals surface area contributed by atoms with Crippen molar-refractivity contribution >= 4 is 29.2 Å². The molecule has 2 aromatic heterocycles. The lowest BCUT2D eigenvalue weighted by atomic mass is 10.2. The van der Waals surface area contributed by atoms with E-state index in [0.29, 0.717) is 12.1 Å². The molecule has 0 saturated carbocycles. The van der Waals surface area contributed by atoms with E-state index in [1.54, 1.807) is 35.1 Å². The van der Waals surface area contributed by atoms with Crippen LogP contribution in [0, 0.1) is 0 Å². The second-order valence-corrected chi connectivity index (χ2v) is 6.01. The summed E-state index contributed by atoms with van der Waals surface area (Å²) in [5.41, 5.74) is 1.54. The minimum atomic E-state index is -0.00458. The Balaban J connectivity index is 1.95. The molecule has 108 valence electrons.